The second-order valence-electron chi connectivity index (χ2n) is 13.6. The van der Waals surface area contributed by atoms with Crippen LogP contribution >= 0.6 is 0 Å². The van der Waals surface area contributed by atoms with Gasteiger partial charge >= 0.3 is 0 Å². The Bertz CT molecular complexity index is 3170. The molecule has 0 aliphatic heterocycles. The fraction of sp³-hybridized carbons (Fsp3) is 0. The highest BCUT2D eigenvalue weighted by Gasteiger charge is 2.21. The molecule has 0 radical (unpaired) electrons. The highest BCUT2D eigenvalue weighted by Crippen LogP contribution is 2.47. The van der Waals surface area contributed by atoms with Crippen LogP contribution in [0, 0.1) is 0 Å². The van der Waals surface area contributed by atoms with Crippen LogP contribution in [0.5, 0.6) is 0 Å². The van der Waals surface area contributed by atoms with Crippen LogP contribution in [0.1, 0.15) is 0 Å². The molecule has 11 aromatic rings. The van der Waals surface area contributed by atoms with E-state index in [1.54, 1.807) is 0 Å². The average Bonchev–Trinajstić information content (AvgIpc) is 3.22. The van der Waals surface area contributed by atoms with Crippen molar-refractivity contribution in [2.75, 3.05) is 0 Å². The first-order chi connectivity index (χ1) is 25.8. The summed E-state index contributed by atoms with van der Waals surface area (Å²) >= 11 is 0. The van der Waals surface area contributed by atoms with Crippen LogP contribution in [0.2, 0.25) is 0 Å². The summed E-state index contributed by atoms with van der Waals surface area (Å²) in [6.45, 7) is 0. The van der Waals surface area contributed by atoms with Crippen LogP contribution < -0.4 is 0 Å². The van der Waals surface area contributed by atoms with E-state index >= 15 is 0 Å². The Morgan fingerprint density at radius 3 is 1.50 bits per heavy atom. The molecule has 2 heterocycles. The van der Waals surface area contributed by atoms with E-state index in [0.717, 1.165) is 27.7 Å². The Balaban J connectivity index is 1.27. The lowest BCUT2D eigenvalue weighted by Crippen LogP contribution is -1.95. The molecule has 2 heteroatoms. The third-order valence-electron chi connectivity index (χ3n) is 10.9. The molecule has 0 aliphatic rings. The Hall–Kier alpha value is -6.90. The molecule has 9 aromatic carbocycles. The zero-order valence-electron chi connectivity index (χ0n) is 28.2. The van der Waals surface area contributed by atoms with Crippen molar-refractivity contribution in [1.82, 2.24) is 9.97 Å². The summed E-state index contributed by atoms with van der Waals surface area (Å²) in [6, 6.07) is 61.8. The van der Waals surface area contributed by atoms with E-state index < -0.39 is 0 Å². The maximum Gasteiger partial charge on any atom is 0.0795 e. The minimum atomic E-state index is 0.975. The van der Waals surface area contributed by atoms with Gasteiger partial charge in [0.05, 0.1) is 11.2 Å². The van der Waals surface area contributed by atoms with Gasteiger partial charge in [-0.25, -0.2) is 4.98 Å². The maximum absolute atomic E-state index is 5.55. The number of rotatable bonds is 3. The first-order valence-electron chi connectivity index (χ1n) is 17.8. The minimum Gasteiger partial charge on any atom is -0.265 e. The quantitative estimate of drug-likeness (QED) is 0.139. The number of benzene rings is 9. The number of fused-ring (bicyclic) bond motifs is 11. The van der Waals surface area contributed by atoms with Gasteiger partial charge in [-0.15, -0.1) is 0 Å². The fourth-order valence-electron chi connectivity index (χ4n) is 8.73. The van der Waals surface area contributed by atoms with Gasteiger partial charge in [-0.2, -0.15) is 0 Å². The fourth-order valence-corrected chi connectivity index (χ4v) is 8.73. The monoisotopic (exact) mass is 658 g/mol. The van der Waals surface area contributed by atoms with E-state index in [0.29, 0.717) is 0 Å². The van der Waals surface area contributed by atoms with Crippen molar-refractivity contribution in [3.63, 3.8) is 0 Å². The smallest absolute Gasteiger partial charge is 0.0795 e. The first kappa shape index (κ1) is 28.9. The summed E-state index contributed by atoms with van der Waals surface area (Å²) in [5, 5.41) is 16.0. The first-order valence-corrected chi connectivity index (χ1v) is 17.8. The predicted molar refractivity (Wildman–Crippen MR) is 221 cm³/mol. The van der Waals surface area contributed by atoms with E-state index in [9.17, 15) is 0 Å². The number of nitrogens with zero attached hydrogens (tertiary/aromatic N) is 2. The molecule has 2 aromatic heterocycles. The normalized spacial score (nSPS) is 11.8. The van der Waals surface area contributed by atoms with Crippen LogP contribution in [-0.4, -0.2) is 9.97 Å². The van der Waals surface area contributed by atoms with Crippen molar-refractivity contribution in [1.29, 1.82) is 0 Å². The van der Waals surface area contributed by atoms with Gasteiger partial charge in [-0.05, 0) is 94.3 Å². The Labute approximate surface area is 300 Å². The Morgan fingerprint density at radius 1 is 0.327 bits per heavy atom. The zero-order valence-corrected chi connectivity index (χ0v) is 28.2. The lowest BCUT2D eigenvalue weighted by Gasteiger charge is -2.20. The summed E-state index contributed by atoms with van der Waals surface area (Å²) in [4.78, 5) is 9.90. The van der Waals surface area contributed by atoms with E-state index in [1.165, 1.54) is 81.3 Å². The van der Waals surface area contributed by atoms with Crippen molar-refractivity contribution < 1.29 is 0 Å². The average molecular weight is 659 g/mol. The van der Waals surface area contributed by atoms with Crippen LogP contribution in [0.4, 0.5) is 0 Å². The molecular formula is C50H30N2. The lowest BCUT2D eigenvalue weighted by molar-refractivity contribution is 1.32. The lowest BCUT2D eigenvalue weighted by atomic mass is 9.84. The molecule has 0 N–H and O–H groups in total. The molecule has 0 fully saturated rings. The molecule has 0 saturated heterocycles. The third kappa shape index (κ3) is 4.19. The molecule has 0 saturated carbocycles. The molecule has 2 nitrogen and oxygen atoms in total. The summed E-state index contributed by atoms with van der Waals surface area (Å²) in [6.07, 6.45) is 3.73. The summed E-state index contributed by atoms with van der Waals surface area (Å²) in [5.41, 5.74) is 7.92. The van der Waals surface area contributed by atoms with Gasteiger partial charge < -0.3 is 0 Å². The van der Waals surface area contributed by atoms with Crippen LogP contribution in [-0.2, 0) is 0 Å². The van der Waals surface area contributed by atoms with Crippen molar-refractivity contribution in [3.8, 4) is 33.5 Å². The second kappa shape index (κ2) is 11.3. The molecule has 0 atom stereocenters. The van der Waals surface area contributed by atoms with E-state index in [4.69, 9.17) is 4.98 Å². The van der Waals surface area contributed by atoms with Gasteiger partial charge in [0.25, 0.3) is 0 Å². The molecule has 0 amide bonds. The third-order valence-corrected chi connectivity index (χ3v) is 10.9. The van der Waals surface area contributed by atoms with Crippen molar-refractivity contribution >= 4 is 75.5 Å². The van der Waals surface area contributed by atoms with Gasteiger partial charge in [-0.3, -0.25) is 4.98 Å². The number of hydrogen-bond acceptors (Lipinski definition) is 2. The Kier molecular flexibility index (Phi) is 6.28. The molecule has 0 spiro atoms. The topological polar surface area (TPSA) is 25.8 Å². The van der Waals surface area contributed by atoms with Crippen molar-refractivity contribution in [2.45, 2.75) is 0 Å². The van der Waals surface area contributed by atoms with Crippen molar-refractivity contribution in [3.05, 3.63) is 182 Å². The molecule has 0 bridgehead atoms. The number of pyridine rings is 2. The highest BCUT2D eigenvalue weighted by molar-refractivity contribution is 6.34. The second-order valence-corrected chi connectivity index (χ2v) is 13.6. The van der Waals surface area contributed by atoms with Gasteiger partial charge in [-0.1, -0.05) is 152 Å². The van der Waals surface area contributed by atoms with Gasteiger partial charge in [0.1, 0.15) is 0 Å². The van der Waals surface area contributed by atoms with E-state index in [-0.39, 0.29) is 0 Å². The molecular weight excluding hydrogens is 629 g/mol. The standard InChI is InChI=1S/C50H30N2/c1-2-14-34-31(12-1)13-11-23-37(34)47-42-21-9-7-19-40(42)46(41-20-8-10-22-43(41)47)33-24-25-44-45(30-33)52-50(32-26-28-51-29-27-32)49-39-18-6-4-16-36(39)35-15-3-5-17-38(35)48(44)49/h1-30H. The summed E-state index contributed by atoms with van der Waals surface area (Å²) < 4.78 is 0. The molecule has 240 valence electrons. The molecule has 11 rings (SSSR count). The van der Waals surface area contributed by atoms with Gasteiger partial charge in [0.15, 0.2) is 0 Å². The highest BCUT2D eigenvalue weighted by atomic mass is 14.7. The number of hydrogen-bond donors (Lipinski definition) is 0. The van der Waals surface area contributed by atoms with Gasteiger partial charge in [0.2, 0.25) is 0 Å². The SMILES string of the molecule is c1ccc2c(-c3c4ccccc4c(-c4ccc5c(c4)nc(-c4ccncc4)c4c6ccccc6c6ccccc6c54)c4ccccc34)cccc2c1. The maximum atomic E-state index is 5.55. The zero-order chi connectivity index (χ0) is 34.2. The van der Waals surface area contributed by atoms with Crippen molar-refractivity contribution in [2.24, 2.45) is 0 Å². The molecule has 52 heavy (non-hydrogen) atoms. The summed E-state index contributed by atoms with van der Waals surface area (Å²) in [5.74, 6) is 0. The Morgan fingerprint density at radius 2 is 0.846 bits per heavy atom. The predicted octanol–water partition coefficient (Wildman–Crippen LogP) is 13.5. The summed E-state index contributed by atoms with van der Waals surface area (Å²) in [7, 11) is 0. The largest absolute Gasteiger partial charge is 0.265 e. The van der Waals surface area contributed by atoms with Gasteiger partial charge in [0, 0.05) is 34.1 Å². The molecule has 0 unspecified atom stereocenters. The van der Waals surface area contributed by atoms with E-state index in [2.05, 4.69) is 175 Å². The number of aromatic nitrogens is 2. The van der Waals surface area contributed by atoms with Crippen LogP contribution in [0.25, 0.3) is 109 Å². The molecule has 0 aliphatic carbocycles. The minimum absolute atomic E-state index is 0.975. The van der Waals surface area contributed by atoms with Crippen LogP contribution in [0.3, 0.4) is 0 Å². The van der Waals surface area contributed by atoms with E-state index in [1.807, 2.05) is 12.4 Å². The van der Waals surface area contributed by atoms with Crippen LogP contribution in [0.15, 0.2) is 182 Å².